The molecule has 1 N–H and O–H groups in total. The zero-order chi connectivity index (χ0) is 13.8. The van der Waals surface area contributed by atoms with Gasteiger partial charge >= 0.3 is 5.97 Å². The fourth-order valence-electron chi connectivity index (χ4n) is 2.39. The van der Waals surface area contributed by atoms with Crippen LogP contribution in [0.4, 0.5) is 4.39 Å². The highest BCUT2D eigenvalue weighted by Gasteiger charge is 2.34. The van der Waals surface area contributed by atoms with Crippen LogP contribution >= 0.6 is 11.8 Å². The van der Waals surface area contributed by atoms with Gasteiger partial charge in [0.25, 0.3) is 0 Å². The third kappa shape index (κ3) is 3.94. The number of carbonyl (C=O) groups is 1. The second kappa shape index (κ2) is 6.39. The molecule has 0 aliphatic carbocycles. The van der Waals surface area contributed by atoms with Gasteiger partial charge in [0.1, 0.15) is 5.82 Å². The van der Waals surface area contributed by atoms with Crippen molar-refractivity contribution in [1.82, 2.24) is 4.90 Å². The number of thioether (sulfide) groups is 1. The van der Waals surface area contributed by atoms with Crippen molar-refractivity contribution in [3.05, 3.63) is 30.1 Å². The first-order valence-electron chi connectivity index (χ1n) is 6.40. The number of carboxylic acids is 1. The Morgan fingerprint density at radius 3 is 2.68 bits per heavy atom. The first kappa shape index (κ1) is 14.3. The zero-order valence-electron chi connectivity index (χ0n) is 10.9. The lowest BCUT2D eigenvalue weighted by Gasteiger charge is -2.14. The molecule has 2 rings (SSSR count). The van der Waals surface area contributed by atoms with Gasteiger partial charge in [-0.2, -0.15) is 0 Å². The van der Waals surface area contributed by atoms with Crippen LogP contribution in [0.1, 0.15) is 6.92 Å². The number of nitrogens with zero attached hydrogens (tertiary/aromatic N) is 1. The summed E-state index contributed by atoms with van der Waals surface area (Å²) < 4.78 is 12.7. The van der Waals surface area contributed by atoms with Gasteiger partial charge in [0.15, 0.2) is 0 Å². The van der Waals surface area contributed by atoms with Crippen LogP contribution in [-0.4, -0.2) is 41.4 Å². The van der Waals surface area contributed by atoms with Crippen LogP contribution < -0.4 is 0 Å². The van der Waals surface area contributed by atoms with E-state index in [1.54, 1.807) is 23.9 Å². The van der Waals surface area contributed by atoms with Crippen molar-refractivity contribution in [2.24, 2.45) is 11.8 Å². The Labute approximate surface area is 116 Å². The fourth-order valence-corrected chi connectivity index (χ4v) is 3.31. The van der Waals surface area contributed by atoms with E-state index in [-0.39, 0.29) is 17.7 Å². The molecule has 2 atom stereocenters. The van der Waals surface area contributed by atoms with Gasteiger partial charge in [0.2, 0.25) is 0 Å². The highest BCUT2D eigenvalue weighted by atomic mass is 32.2. The molecular weight excluding hydrogens is 265 g/mol. The summed E-state index contributed by atoms with van der Waals surface area (Å²) in [5.74, 6) is -0.0441. The van der Waals surface area contributed by atoms with Crippen LogP contribution in [0, 0.1) is 17.7 Å². The van der Waals surface area contributed by atoms with Crippen LogP contribution in [0.3, 0.4) is 0 Å². The summed E-state index contributed by atoms with van der Waals surface area (Å²) in [7, 11) is 0. The Balaban J connectivity index is 1.75. The zero-order valence-corrected chi connectivity index (χ0v) is 11.7. The van der Waals surface area contributed by atoms with E-state index in [9.17, 15) is 9.18 Å². The van der Waals surface area contributed by atoms with Crippen LogP contribution in [0.5, 0.6) is 0 Å². The lowest BCUT2D eigenvalue weighted by molar-refractivity contribution is -0.142. The molecule has 104 valence electrons. The van der Waals surface area contributed by atoms with E-state index in [0.717, 1.165) is 23.7 Å². The molecule has 1 saturated heterocycles. The molecule has 1 fully saturated rings. The van der Waals surface area contributed by atoms with E-state index >= 15 is 0 Å². The molecule has 1 aromatic carbocycles. The van der Waals surface area contributed by atoms with Crippen LogP contribution in [-0.2, 0) is 4.79 Å². The monoisotopic (exact) mass is 283 g/mol. The molecule has 0 aromatic heterocycles. The van der Waals surface area contributed by atoms with Crippen molar-refractivity contribution < 1.29 is 14.3 Å². The number of benzene rings is 1. The molecule has 19 heavy (non-hydrogen) atoms. The quantitative estimate of drug-likeness (QED) is 0.843. The third-order valence-corrected chi connectivity index (χ3v) is 4.49. The molecule has 2 unspecified atom stereocenters. The van der Waals surface area contributed by atoms with Gasteiger partial charge in [-0.15, -0.1) is 11.8 Å². The number of hydrogen-bond acceptors (Lipinski definition) is 3. The van der Waals surface area contributed by atoms with Crippen molar-refractivity contribution in [2.75, 3.05) is 25.4 Å². The minimum atomic E-state index is -0.693. The maximum absolute atomic E-state index is 12.7. The standard InChI is InChI=1S/C14H18FNO2S/c1-10-8-16(9-13(10)14(17)18)6-7-19-12-4-2-11(15)3-5-12/h2-5,10,13H,6-9H2,1H3,(H,17,18). The lowest BCUT2D eigenvalue weighted by atomic mass is 9.99. The Kier molecular flexibility index (Phi) is 4.82. The minimum Gasteiger partial charge on any atom is -0.481 e. The van der Waals surface area contributed by atoms with E-state index in [2.05, 4.69) is 4.90 Å². The SMILES string of the molecule is CC1CN(CCSc2ccc(F)cc2)CC1C(=O)O. The van der Waals surface area contributed by atoms with Crippen molar-refractivity contribution >= 4 is 17.7 Å². The fraction of sp³-hybridized carbons (Fsp3) is 0.500. The van der Waals surface area contributed by atoms with Crippen molar-refractivity contribution in [2.45, 2.75) is 11.8 Å². The molecule has 1 aliphatic rings. The minimum absolute atomic E-state index is 0.216. The topological polar surface area (TPSA) is 40.5 Å². The molecule has 0 bridgehead atoms. The number of aliphatic carboxylic acids is 1. The normalized spacial score (nSPS) is 23.7. The molecule has 0 radical (unpaired) electrons. The first-order chi connectivity index (χ1) is 9.06. The average Bonchev–Trinajstić information content (AvgIpc) is 2.73. The van der Waals surface area contributed by atoms with E-state index < -0.39 is 5.97 Å². The van der Waals surface area contributed by atoms with Gasteiger partial charge in [-0.05, 0) is 30.2 Å². The van der Waals surface area contributed by atoms with E-state index in [1.807, 2.05) is 6.92 Å². The number of hydrogen-bond donors (Lipinski definition) is 1. The molecule has 3 nitrogen and oxygen atoms in total. The average molecular weight is 283 g/mol. The second-order valence-electron chi connectivity index (χ2n) is 4.98. The van der Waals surface area contributed by atoms with Crippen molar-refractivity contribution in [3.63, 3.8) is 0 Å². The smallest absolute Gasteiger partial charge is 0.308 e. The molecular formula is C14H18FNO2S. The van der Waals surface area contributed by atoms with Gasteiger partial charge in [-0.25, -0.2) is 4.39 Å². The van der Waals surface area contributed by atoms with Gasteiger partial charge < -0.3 is 10.0 Å². The number of rotatable bonds is 5. The van der Waals surface area contributed by atoms with Crippen molar-refractivity contribution in [3.8, 4) is 0 Å². The van der Waals surface area contributed by atoms with Gasteiger partial charge in [0.05, 0.1) is 5.92 Å². The maximum Gasteiger partial charge on any atom is 0.308 e. The van der Waals surface area contributed by atoms with Crippen LogP contribution in [0.15, 0.2) is 29.2 Å². The summed E-state index contributed by atoms with van der Waals surface area (Å²) in [4.78, 5) is 14.3. The number of likely N-dealkylation sites (tertiary alicyclic amines) is 1. The van der Waals surface area contributed by atoms with Gasteiger partial charge in [0, 0.05) is 30.3 Å². The summed E-state index contributed by atoms with van der Waals surface area (Å²) in [5, 5.41) is 9.06. The van der Waals surface area contributed by atoms with Gasteiger partial charge in [-0.3, -0.25) is 4.79 Å². The maximum atomic E-state index is 12.7. The van der Waals surface area contributed by atoms with Crippen molar-refractivity contribution in [1.29, 1.82) is 0 Å². The number of halogens is 1. The molecule has 5 heteroatoms. The largest absolute Gasteiger partial charge is 0.481 e. The molecule has 0 saturated carbocycles. The van der Waals surface area contributed by atoms with E-state index in [1.165, 1.54) is 12.1 Å². The summed E-state index contributed by atoms with van der Waals surface area (Å²) in [6.45, 7) is 4.35. The lowest BCUT2D eigenvalue weighted by Crippen LogP contribution is -2.25. The molecule has 1 aliphatic heterocycles. The first-order valence-corrected chi connectivity index (χ1v) is 7.38. The Hall–Kier alpha value is -1.07. The highest BCUT2D eigenvalue weighted by molar-refractivity contribution is 7.99. The Morgan fingerprint density at radius 1 is 1.42 bits per heavy atom. The molecule has 0 spiro atoms. The van der Waals surface area contributed by atoms with Gasteiger partial charge in [-0.1, -0.05) is 6.92 Å². The van der Waals surface area contributed by atoms with E-state index in [4.69, 9.17) is 5.11 Å². The Bertz CT molecular complexity index is 438. The molecule has 0 amide bonds. The Morgan fingerprint density at radius 2 is 2.11 bits per heavy atom. The van der Waals surface area contributed by atoms with E-state index in [0.29, 0.717) is 6.54 Å². The summed E-state index contributed by atoms with van der Waals surface area (Å²) >= 11 is 1.67. The second-order valence-corrected chi connectivity index (χ2v) is 6.15. The van der Waals surface area contributed by atoms with Crippen LogP contribution in [0.25, 0.3) is 0 Å². The third-order valence-electron chi connectivity index (χ3n) is 3.50. The number of carboxylic acid groups (broad SMARTS) is 1. The predicted octanol–water partition coefficient (Wildman–Crippen LogP) is 2.57. The van der Waals surface area contributed by atoms with Crippen LogP contribution in [0.2, 0.25) is 0 Å². The molecule has 1 aromatic rings. The predicted molar refractivity (Wildman–Crippen MR) is 73.9 cm³/mol. The summed E-state index contributed by atoms with van der Waals surface area (Å²) in [6.07, 6.45) is 0. The highest BCUT2D eigenvalue weighted by Crippen LogP contribution is 2.24. The summed E-state index contributed by atoms with van der Waals surface area (Å²) in [5.41, 5.74) is 0. The molecule has 1 heterocycles. The summed E-state index contributed by atoms with van der Waals surface area (Å²) in [6, 6.07) is 6.46.